The highest BCUT2D eigenvalue weighted by Crippen LogP contribution is 2.13. The van der Waals surface area contributed by atoms with E-state index in [1.807, 2.05) is 13.8 Å². The fraction of sp³-hybridized carbons (Fsp3) is 0.700. The van der Waals surface area contributed by atoms with Crippen molar-refractivity contribution >= 4 is 30.4 Å². The van der Waals surface area contributed by atoms with Gasteiger partial charge in [-0.25, -0.2) is 0 Å². The number of hydrogen-bond acceptors (Lipinski definition) is 4. The van der Waals surface area contributed by atoms with Gasteiger partial charge in [-0.2, -0.15) is 12.6 Å². The first-order valence-electron chi connectivity index (χ1n) is 5.13. The number of likely N-dealkylation sites (N-methyl/N-ethyl adjacent to an activating group) is 1. The van der Waals surface area contributed by atoms with E-state index >= 15 is 0 Å². The Hall–Kier alpha value is -1.04. The Labute approximate surface area is 100.0 Å². The van der Waals surface area contributed by atoms with Gasteiger partial charge in [-0.05, 0) is 5.92 Å². The highest BCUT2D eigenvalue weighted by molar-refractivity contribution is 7.81. The van der Waals surface area contributed by atoms with Crippen molar-refractivity contribution in [2.45, 2.75) is 31.6 Å². The van der Waals surface area contributed by atoms with Gasteiger partial charge in [0.1, 0.15) is 6.04 Å². The quantitative estimate of drug-likeness (QED) is 0.534. The molecule has 1 fully saturated rings. The fourth-order valence-electron chi connectivity index (χ4n) is 1.43. The number of thiol groups is 1. The second-order valence-corrected chi connectivity index (χ2v) is 4.80. The van der Waals surface area contributed by atoms with Crippen LogP contribution in [0.1, 0.15) is 20.3 Å². The molecule has 0 aromatic rings. The number of imide groups is 1. The van der Waals surface area contributed by atoms with E-state index in [0.29, 0.717) is 0 Å². The third kappa shape index (κ3) is 2.55. The number of nitrogens with zero attached hydrogens (tertiary/aromatic N) is 1. The maximum atomic E-state index is 11.6. The van der Waals surface area contributed by atoms with E-state index in [0.717, 1.165) is 4.90 Å². The maximum Gasteiger partial charge on any atom is 0.252 e. The minimum absolute atomic E-state index is 0.0413. The smallest absolute Gasteiger partial charge is 0.252 e. The van der Waals surface area contributed by atoms with Crippen molar-refractivity contribution in [3.8, 4) is 0 Å². The molecule has 6 heteroatoms. The molecule has 1 aliphatic rings. The lowest BCUT2D eigenvalue weighted by Crippen LogP contribution is -2.45. The summed E-state index contributed by atoms with van der Waals surface area (Å²) >= 11 is 4.15. The van der Waals surface area contributed by atoms with Gasteiger partial charge in [0.05, 0.1) is 11.7 Å². The minimum Gasteiger partial charge on any atom is -0.343 e. The lowest BCUT2D eigenvalue weighted by molar-refractivity contribution is -0.138. The van der Waals surface area contributed by atoms with E-state index in [-0.39, 0.29) is 30.1 Å². The summed E-state index contributed by atoms with van der Waals surface area (Å²) in [5.41, 5.74) is 0. The molecule has 3 amide bonds. The number of likely N-dealkylation sites (tertiary alicyclic amines) is 1. The zero-order valence-corrected chi connectivity index (χ0v) is 10.5. The second-order valence-electron chi connectivity index (χ2n) is 4.25. The number of amides is 3. The molecule has 5 nitrogen and oxygen atoms in total. The molecule has 1 aliphatic heterocycles. The average Bonchev–Trinajstić information content (AvgIpc) is 2.45. The Kier molecular flexibility index (Phi) is 3.96. The summed E-state index contributed by atoms with van der Waals surface area (Å²) in [6.07, 6.45) is 0.0413. The average molecular weight is 244 g/mol. The minimum atomic E-state index is -0.724. The molecule has 0 bridgehead atoms. The van der Waals surface area contributed by atoms with E-state index in [1.54, 1.807) is 0 Å². The molecule has 1 rings (SSSR count). The summed E-state index contributed by atoms with van der Waals surface area (Å²) in [7, 11) is 1.41. The van der Waals surface area contributed by atoms with Crippen LogP contribution in [0.15, 0.2) is 0 Å². The molecule has 0 saturated carbocycles. The van der Waals surface area contributed by atoms with Gasteiger partial charge in [0, 0.05) is 7.05 Å². The van der Waals surface area contributed by atoms with Gasteiger partial charge in [-0.3, -0.25) is 19.3 Å². The monoisotopic (exact) mass is 244 g/mol. The molecule has 2 unspecified atom stereocenters. The van der Waals surface area contributed by atoms with Gasteiger partial charge in [-0.1, -0.05) is 13.8 Å². The van der Waals surface area contributed by atoms with Crippen molar-refractivity contribution in [2.75, 3.05) is 7.05 Å². The number of hydrogen-bond donors (Lipinski definition) is 2. The van der Waals surface area contributed by atoms with E-state index in [1.165, 1.54) is 7.05 Å². The van der Waals surface area contributed by atoms with Gasteiger partial charge in [0.15, 0.2) is 0 Å². The molecule has 2 atom stereocenters. The molecular formula is C10H16N2O3S. The molecule has 0 radical (unpaired) electrons. The van der Waals surface area contributed by atoms with Gasteiger partial charge >= 0.3 is 0 Å². The van der Waals surface area contributed by atoms with Crippen molar-refractivity contribution in [3.63, 3.8) is 0 Å². The highest BCUT2D eigenvalue weighted by atomic mass is 32.1. The molecule has 1 N–H and O–H groups in total. The summed E-state index contributed by atoms with van der Waals surface area (Å²) in [6.45, 7) is 3.73. The first kappa shape index (κ1) is 13.0. The summed E-state index contributed by atoms with van der Waals surface area (Å²) in [6, 6.07) is -0.724. The van der Waals surface area contributed by atoms with E-state index in [2.05, 4.69) is 17.9 Å². The number of rotatable bonds is 3. The highest BCUT2D eigenvalue weighted by Gasteiger charge is 2.37. The summed E-state index contributed by atoms with van der Waals surface area (Å²) in [5.74, 6) is -0.855. The Balaban J connectivity index is 2.60. The van der Waals surface area contributed by atoms with E-state index < -0.39 is 11.3 Å². The van der Waals surface area contributed by atoms with Crippen LogP contribution in [0.4, 0.5) is 0 Å². The lowest BCUT2D eigenvalue weighted by atomic mass is 10.1. The van der Waals surface area contributed by atoms with E-state index in [9.17, 15) is 14.4 Å². The third-order valence-electron chi connectivity index (χ3n) is 2.60. The van der Waals surface area contributed by atoms with Gasteiger partial charge in [0.2, 0.25) is 11.8 Å². The van der Waals surface area contributed by atoms with Crippen LogP contribution in [0, 0.1) is 5.92 Å². The van der Waals surface area contributed by atoms with Crippen LogP contribution in [0.3, 0.4) is 0 Å². The molecule has 1 heterocycles. The van der Waals surface area contributed by atoms with Crippen molar-refractivity contribution in [1.82, 2.24) is 10.2 Å². The third-order valence-corrected chi connectivity index (χ3v) is 3.43. The predicted octanol–water partition coefficient (Wildman–Crippen LogP) is -0.186. The topological polar surface area (TPSA) is 66.5 Å². The Bertz CT molecular complexity index is 330. The van der Waals surface area contributed by atoms with Crippen molar-refractivity contribution < 1.29 is 14.4 Å². The van der Waals surface area contributed by atoms with Crippen LogP contribution in [0.25, 0.3) is 0 Å². The molecule has 90 valence electrons. The van der Waals surface area contributed by atoms with Gasteiger partial charge < -0.3 is 5.32 Å². The zero-order chi connectivity index (χ0) is 12.5. The largest absolute Gasteiger partial charge is 0.343 e. The Morgan fingerprint density at radius 3 is 2.44 bits per heavy atom. The first-order chi connectivity index (χ1) is 7.34. The van der Waals surface area contributed by atoms with Crippen LogP contribution in [0.2, 0.25) is 0 Å². The Morgan fingerprint density at radius 2 is 2.06 bits per heavy atom. The summed E-state index contributed by atoms with van der Waals surface area (Å²) < 4.78 is 0. The van der Waals surface area contributed by atoms with Crippen molar-refractivity contribution in [3.05, 3.63) is 0 Å². The second kappa shape index (κ2) is 4.86. The number of carbonyl (C=O) groups excluding carboxylic acids is 3. The summed E-state index contributed by atoms with van der Waals surface area (Å²) in [5, 5.41) is 2.08. The lowest BCUT2D eigenvalue weighted by Gasteiger charge is -2.17. The fourth-order valence-corrected chi connectivity index (χ4v) is 1.50. The normalized spacial score (nSPS) is 22.8. The standard InChI is InChI=1S/C10H16N2O3S/c1-5(2)8(16)9(14)11-6-4-7(13)12(3)10(6)15/h5-6,8,16H,4H2,1-3H3,(H,11,14). The van der Waals surface area contributed by atoms with Crippen LogP contribution in [-0.2, 0) is 14.4 Å². The van der Waals surface area contributed by atoms with Crippen LogP contribution >= 0.6 is 12.6 Å². The Morgan fingerprint density at radius 1 is 1.50 bits per heavy atom. The molecule has 0 spiro atoms. The van der Waals surface area contributed by atoms with Crippen LogP contribution in [-0.4, -0.2) is 41.0 Å². The molecule has 0 aliphatic carbocycles. The molecule has 0 aromatic carbocycles. The number of nitrogens with one attached hydrogen (secondary N) is 1. The molecular weight excluding hydrogens is 228 g/mol. The van der Waals surface area contributed by atoms with Gasteiger partial charge in [-0.15, -0.1) is 0 Å². The van der Waals surface area contributed by atoms with E-state index in [4.69, 9.17) is 0 Å². The molecule has 0 aromatic heterocycles. The first-order valence-corrected chi connectivity index (χ1v) is 5.65. The zero-order valence-electron chi connectivity index (χ0n) is 9.56. The SMILES string of the molecule is CC(C)C(S)C(=O)NC1CC(=O)N(C)C1=O. The molecule has 16 heavy (non-hydrogen) atoms. The summed E-state index contributed by atoms with van der Waals surface area (Å²) in [4.78, 5) is 35.4. The molecule has 1 saturated heterocycles. The predicted molar refractivity (Wildman–Crippen MR) is 61.9 cm³/mol. The maximum absolute atomic E-state index is 11.6. The van der Waals surface area contributed by atoms with Crippen LogP contribution in [0.5, 0.6) is 0 Å². The van der Waals surface area contributed by atoms with Crippen LogP contribution < -0.4 is 5.32 Å². The van der Waals surface area contributed by atoms with Gasteiger partial charge in [0.25, 0.3) is 5.91 Å². The van der Waals surface area contributed by atoms with Crippen molar-refractivity contribution in [2.24, 2.45) is 5.92 Å². The number of carbonyl (C=O) groups is 3. The van der Waals surface area contributed by atoms with Crippen molar-refractivity contribution in [1.29, 1.82) is 0 Å².